The lowest BCUT2D eigenvalue weighted by Gasteiger charge is -2.32. The number of amides is 1. The van der Waals surface area contributed by atoms with E-state index >= 15 is 0 Å². The van der Waals surface area contributed by atoms with Gasteiger partial charge < -0.3 is 10.2 Å². The Morgan fingerprint density at radius 1 is 1.44 bits per heavy atom. The number of carbonyl (C=O) groups is 1. The Labute approximate surface area is 112 Å². The van der Waals surface area contributed by atoms with Crippen molar-refractivity contribution in [3.8, 4) is 0 Å². The highest BCUT2D eigenvalue weighted by Crippen LogP contribution is 2.31. The Bertz CT molecular complexity index is 455. The topological polar surface area (TPSA) is 32.3 Å². The van der Waals surface area contributed by atoms with Crippen LogP contribution in [0, 0.1) is 0 Å². The number of thiophene rings is 1. The molecule has 2 aliphatic rings. The lowest BCUT2D eigenvalue weighted by Crippen LogP contribution is -2.51. The molecule has 0 aromatic carbocycles. The van der Waals surface area contributed by atoms with E-state index in [4.69, 9.17) is 0 Å². The van der Waals surface area contributed by atoms with E-state index in [1.807, 2.05) is 4.90 Å². The summed E-state index contributed by atoms with van der Waals surface area (Å²) in [5, 5.41) is 5.47. The Kier molecular flexibility index (Phi) is 3.39. The van der Waals surface area contributed by atoms with Gasteiger partial charge in [-0.2, -0.15) is 0 Å². The fourth-order valence-corrected chi connectivity index (χ4v) is 4.08. The highest BCUT2D eigenvalue weighted by Gasteiger charge is 2.26. The third-order valence-corrected chi connectivity index (χ3v) is 5.04. The van der Waals surface area contributed by atoms with Crippen LogP contribution in [-0.4, -0.2) is 36.5 Å². The first-order valence-electron chi connectivity index (χ1n) is 6.87. The molecular weight excluding hydrogens is 244 g/mol. The second-order valence-electron chi connectivity index (χ2n) is 5.36. The number of hydrogen-bond donors (Lipinski definition) is 1. The second-order valence-corrected chi connectivity index (χ2v) is 6.33. The number of fused-ring (bicyclic) bond motifs is 1. The van der Waals surface area contributed by atoms with Crippen molar-refractivity contribution in [1.82, 2.24) is 10.2 Å². The van der Waals surface area contributed by atoms with Crippen LogP contribution in [0.4, 0.5) is 0 Å². The van der Waals surface area contributed by atoms with E-state index in [9.17, 15) is 4.79 Å². The Morgan fingerprint density at radius 3 is 3.11 bits per heavy atom. The highest BCUT2D eigenvalue weighted by molar-refractivity contribution is 7.10. The average Bonchev–Trinajstić information content (AvgIpc) is 2.82. The molecule has 1 aromatic rings. The summed E-state index contributed by atoms with van der Waals surface area (Å²) in [6.45, 7) is 4.74. The molecule has 4 heteroatoms. The number of rotatable bonds is 1. The van der Waals surface area contributed by atoms with Gasteiger partial charge in [-0.15, -0.1) is 11.3 Å². The van der Waals surface area contributed by atoms with E-state index in [-0.39, 0.29) is 5.91 Å². The summed E-state index contributed by atoms with van der Waals surface area (Å²) < 4.78 is 0. The van der Waals surface area contributed by atoms with Crippen LogP contribution in [0.5, 0.6) is 0 Å². The van der Waals surface area contributed by atoms with Crippen molar-refractivity contribution >= 4 is 17.2 Å². The minimum absolute atomic E-state index is 0.253. The number of nitrogens with one attached hydrogen (secondary N) is 1. The Morgan fingerprint density at radius 2 is 2.28 bits per heavy atom. The molecule has 0 radical (unpaired) electrons. The zero-order valence-electron chi connectivity index (χ0n) is 10.9. The maximum Gasteiger partial charge on any atom is 0.255 e. The van der Waals surface area contributed by atoms with Crippen LogP contribution in [0.2, 0.25) is 0 Å². The Balaban J connectivity index is 1.81. The van der Waals surface area contributed by atoms with Crippen molar-refractivity contribution in [2.24, 2.45) is 0 Å². The zero-order chi connectivity index (χ0) is 12.5. The van der Waals surface area contributed by atoms with E-state index < -0.39 is 0 Å². The molecule has 18 heavy (non-hydrogen) atoms. The summed E-state index contributed by atoms with van der Waals surface area (Å²) in [7, 11) is 0. The molecule has 3 rings (SSSR count). The fraction of sp³-hybridized carbons (Fsp3) is 0.643. The average molecular weight is 264 g/mol. The van der Waals surface area contributed by atoms with Crippen molar-refractivity contribution in [3.05, 3.63) is 21.4 Å². The normalized spacial score (nSPS) is 23.8. The second kappa shape index (κ2) is 5.02. The van der Waals surface area contributed by atoms with Crippen LogP contribution in [0.15, 0.2) is 5.38 Å². The molecule has 1 aliphatic heterocycles. The maximum absolute atomic E-state index is 12.6. The summed E-state index contributed by atoms with van der Waals surface area (Å²) in [6, 6.07) is 0.414. The van der Waals surface area contributed by atoms with Crippen molar-refractivity contribution < 1.29 is 4.79 Å². The lowest BCUT2D eigenvalue weighted by atomic mass is 9.95. The van der Waals surface area contributed by atoms with Gasteiger partial charge in [-0.3, -0.25) is 4.79 Å². The first-order chi connectivity index (χ1) is 8.75. The van der Waals surface area contributed by atoms with E-state index in [0.29, 0.717) is 6.04 Å². The number of aryl methyl sites for hydroxylation is 1. The minimum Gasteiger partial charge on any atom is -0.336 e. The van der Waals surface area contributed by atoms with Crippen LogP contribution in [-0.2, 0) is 12.8 Å². The molecule has 0 saturated carbocycles. The van der Waals surface area contributed by atoms with Crippen LogP contribution in [0.1, 0.15) is 40.6 Å². The zero-order valence-corrected chi connectivity index (χ0v) is 11.7. The molecule has 98 valence electrons. The summed E-state index contributed by atoms with van der Waals surface area (Å²) in [5.74, 6) is 0.253. The van der Waals surface area contributed by atoms with Gasteiger partial charge in [-0.25, -0.2) is 0 Å². The molecule has 1 fully saturated rings. The summed E-state index contributed by atoms with van der Waals surface area (Å²) >= 11 is 1.78. The largest absolute Gasteiger partial charge is 0.336 e. The molecule has 0 bridgehead atoms. The molecule has 1 amide bonds. The number of piperazine rings is 1. The van der Waals surface area contributed by atoms with Gasteiger partial charge in [0, 0.05) is 35.9 Å². The lowest BCUT2D eigenvalue weighted by molar-refractivity contribution is 0.0708. The fourth-order valence-electron chi connectivity index (χ4n) is 2.96. The first kappa shape index (κ1) is 12.2. The predicted octanol–water partition coefficient (Wildman–Crippen LogP) is 2.06. The number of nitrogens with zero attached hydrogens (tertiary/aromatic N) is 1. The van der Waals surface area contributed by atoms with Gasteiger partial charge >= 0.3 is 0 Å². The quantitative estimate of drug-likeness (QED) is 0.842. The van der Waals surface area contributed by atoms with Gasteiger partial charge in [0.1, 0.15) is 0 Å². The van der Waals surface area contributed by atoms with Gasteiger partial charge in [-0.05, 0) is 38.2 Å². The van der Waals surface area contributed by atoms with Gasteiger partial charge in [0.05, 0.1) is 5.56 Å². The molecule has 1 unspecified atom stereocenters. The number of hydrogen-bond acceptors (Lipinski definition) is 3. The number of carbonyl (C=O) groups excluding carboxylic acids is 1. The summed E-state index contributed by atoms with van der Waals surface area (Å²) in [6.07, 6.45) is 4.79. The van der Waals surface area contributed by atoms with E-state index in [1.165, 1.54) is 29.7 Å². The molecule has 1 aliphatic carbocycles. The SMILES string of the molecule is CC1CN(C(=O)c2csc3c2CCCC3)CCN1. The standard InChI is InChI=1S/C14H20N2OS/c1-10-8-16(7-6-15-10)14(17)12-9-18-13-5-3-2-4-11(12)13/h9-10,15H,2-8H2,1H3. The molecule has 1 saturated heterocycles. The molecule has 1 atom stereocenters. The molecule has 2 heterocycles. The predicted molar refractivity (Wildman–Crippen MR) is 74.3 cm³/mol. The van der Waals surface area contributed by atoms with E-state index in [0.717, 1.165) is 31.6 Å². The van der Waals surface area contributed by atoms with Gasteiger partial charge in [0.15, 0.2) is 0 Å². The van der Waals surface area contributed by atoms with Crippen molar-refractivity contribution in [3.63, 3.8) is 0 Å². The smallest absolute Gasteiger partial charge is 0.255 e. The molecular formula is C14H20N2OS. The Hall–Kier alpha value is -0.870. The van der Waals surface area contributed by atoms with Crippen molar-refractivity contribution in [1.29, 1.82) is 0 Å². The monoisotopic (exact) mass is 264 g/mol. The van der Waals surface area contributed by atoms with Gasteiger partial charge in [0.25, 0.3) is 5.91 Å². The minimum atomic E-state index is 0.253. The third-order valence-electron chi connectivity index (χ3n) is 3.95. The van der Waals surface area contributed by atoms with Gasteiger partial charge in [-0.1, -0.05) is 0 Å². The van der Waals surface area contributed by atoms with Crippen LogP contribution >= 0.6 is 11.3 Å². The first-order valence-corrected chi connectivity index (χ1v) is 7.75. The molecule has 1 aromatic heterocycles. The molecule has 3 nitrogen and oxygen atoms in total. The van der Waals surface area contributed by atoms with Crippen LogP contribution in [0.3, 0.4) is 0 Å². The highest BCUT2D eigenvalue weighted by atomic mass is 32.1. The van der Waals surface area contributed by atoms with Crippen LogP contribution < -0.4 is 5.32 Å². The maximum atomic E-state index is 12.6. The third kappa shape index (κ3) is 2.19. The van der Waals surface area contributed by atoms with E-state index in [2.05, 4.69) is 17.6 Å². The van der Waals surface area contributed by atoms with Crippen LogP contribution in [0.25, 0.3) is 0 Å². The summed E-state index contributed by atoms with van der Waals surface area (Å²) in [4.78, 5) is 16.0. The van der Waals surface area contributed by atoms with Gasteiger partial charge in [0.2, 0.25) is 0 Å². The van der Waals surface area contributed by atoms with E-state index in [1.54, 1.807) is 11.3 Å². The van der Waals surface area contributed by atoms with Crippen molar-refractivity contribution in [2.45, 2.75) is 38.6 Å². The molecule has 1 N–H and O–H groups in total. The molecule has 0 spiro atoms. The summed E-state index contributed by atoms with van der Waals surface area (Å²) in [5.41, 5.74) is 2.34. The van der Waals surface area contributed by atoms with Crippen molar-refractivity contribution in [2.75, 3.05) is 19.6 Å².